The molecule has 0 radical (unpaired) electrons. The van der Waals surface area contributed by atoms with E-state index in [1.807, 2.05) is 0 Å². The van der Waals surface area contributed by atoms with Crippen LogP contribution < -0.4 is 5.73 Å². The lowest BCUT2D eigenvalue weighted by Gasteiger charge is -2.07. The van der Waals surface area contributed by atoms with Crippen LogP contribution in [0.25, 0.3) is 0 Å². The Bertz CT molecular complexity index is 157. The van der Waals surface area contributed by atoms with Crippen LogP contribution in [-0.2, 0) is 9.53 Å². The number of carbonyl (C=O) groups is 1. The molecule has 1 aliphatic carbocycles. The standard InChI is InChI=1S/C7H11NO2/c8-7(9)5-4-2-1-3-10-6(4)5/h4-6H,1-3H2,(H2,8,9). The molecule has 0 aromatic rings. The van der Waals surface area contributed by atoms with Crippen LogP contribution in [0.15, 0.2) is 0 Å². The Labute approximate surface area is 59.5 Å². The van der Waals surface area contributed by atoms with E-state index in [0.717, 1.165) is 19.4 Å². The minimum atomic E-state index is -0.183. The van der Waals surface area contributed by atoms with Crippen molar-refractivity contribution in [2.75, 3.05) is 6.61 Å². The molecule has 0 aromatic carbocycles. The zero-order chi connectivity index (χ0) is 7.14. The maximum Gasteiger partial charge on any atom is 0.223 e. The Morgan fingerprint density at radius 1 is 1.60 bits per heavy atom. The lowest BCUT2D eigenvalue weighted by atomic mass is 10.2. The fraction of sp³-hybridized carbons (Fsp3) is 0.857. The largest absolute Gasteiger partial charge is 0.377 e. The number of amides is 1. The summed E-state index contributed by atoms with van der Waals surface area (Å²) in [6.45, 7) is 0.810. The van der Waals surface area contributed by atoms with Gasteiger partial charge < -0.3 is 10.5 Å². The molecule has 10 heavy (non-hydrogen) atoms. The Morgan fingerprint density at radius 3 is 2.90 bits per heavy atom. The van der Waals surface area contributed by atoms with Gasteiger partial charge in [0.15, 0.2) is 0 Å². The molecule has 1 amide bonds. The molecule has 2 aliphatic rings. The second kappa shape index (κ2) is 1.95. The van der Waals surface area contributed by atoms with E-state index in [-0.39, 0.29) is 17.9 Å². The Kier molecular flexibility index (Phi) is 1.20. The van der Waals surface area contributed by atoms with Crippen molar-refractivity contribution in [3.63, 3.8) is 0 Å². The average Bonchev–Trinajstić information content (AvgIpc) is 2.60. The predicted molar refractivity (Wildman–Crippen MR) is 35.1 cm³/mol. The summed E-state index contributed by atoms with van der Waals surface area (Å²) >= 11 is 0. The predicted octanol–water partition coefficient (Wildman–Crippen LogP) is -0.103. The second-order valence-electron chi connectivity index (χ2n) is 3.07. The fourth-order valence-corrected chi connectivity index (χ4v) is 1.82. The third-order valence-electron chi connectivity index (χ3n) is 2.42. The van der Waals surface area contributed by atoms with E-state index >= 15 is 0 Å². The van der Waals surface area contributed by atoms with Crippen LogP contribution in [0, 0.1) is 11.8 Å². The number of rotatable bonds is 1. The molecular weight excluding hydrogens is 130 g/mol. The van der Waals surface area contributed by atoms with E-state index in [2.05, 4.69) is 0 Å². The van der Waals surface area contributed by atoms with Crippen LogP contribution in [-0.4, -0.2) is 18.6 Å². The lowest BCUT2D eigenvalue weighted by Crippen LogP contribution is -2.16. The topological polar surface area (TPSA) is 52.3 Å². The molecule has 2 rings (SSSR count). The lowest BCUT2D eigenvalue weighted by molar-refractivity contribution is -0.120. The number of fused-ring (bicyclic) bond motifs is 1. The third-order valence-corrected chi connectivity index (χ3v) is 2.42. The summed E-state index contributed by atoms with van der Waals surface area (Å²) in [5, 5.41) is 0. The van der Waals surface area contributed by atoms with Crippen molar-refractivity contribution in [2.24, 2.45) is 17.6 Å². The van der Waals surface area contributed by atoms with E-state index < -0.39 is 0 Å². The van der Waals surface area contributed by atoms with Gasteiger partial charge in [0, 0.05) is 12.5 Å². The summed E-state index contributed by atoms with van der Waals surface area (Å²) in [4.78, 5) is 10.7. The summed E-state index contributed by atoms with van der Waals surface area (Å²) in [5.74, 6) is 0.325. The number of hydrogen-bond acceptors (Lipinski definition) is 2. The van der Waals surface area contributed by atoms with E-state index in [0.29, 0.717) is 5.92 Å². The zero-order valence-electron chi connectivity index (χ0n) is 5.75. The monoisotopic (exact) mass is 141 g/mol. The highest BCUT2D eigenvalue weighted by Crippen LogP contribution is 2.47. The van der Waals surface area contributed by atoms with Crippen molar-refractivity contribution < 1.29 is 9.53 Å². The Hall–Kier alpha value is -0.570. The molecular formula is C7H11NO2. The summed E-state index contributed by atoms with van der Waals surface area (Å²) < 4.78 is 5.32. The first-order valence-corrected chi connectivity index (χ1v) is 3.71. The SMILES string of the molecule is NC(=O)C1C2CCCOC21. The molecule has 1 saturated heterocycles. The van der Waals surface area contributed by atoms with Gasteiger partial charge in [-0.2, -0.15) is 0 Å². The molecule has 3 atom stereocenters. The maximum absolute atomic E-state index is 10.7. The first-order chi connectivity index (χ1) is 4.80. The van der Waals surface area contributed by atoms with Gasteiger partial charge in [0.1, 0.15) is 0 Å². The van der Waals surface area contributed by atoms with Crippen molar-refractivity contribution in [3.05, 3.63) is 0 Å². The average molecular weight is 141 g/mol. The van der Waals surface area contributed by atoms with Crippen molar-refractivity contribution in [1.82, 2.24) is 0 Å². The second-order valence-corrected chi connectivity index (χ2v) is 3.07. The third kappa shape index (κ3) is 0.736. The minimum absolute atomic E-state index is 0.0440. The van der Waals surface area contributed by atoms with Crippen LogP contribution in [0.3, 0.4) is 0 Å². The van der Waals surface area contributed by atoms with Crippen LogP contribution in [0.1, 0.15) is 12.8 Å². The molecule has 3 heteroatoms. The number of ether oxygens (including phenoxy) is 1. The van der Waals surface area contributed by atoms with E-state index in [9.17, 15) is 4.79 Å². The molecule has 2 N–H and O–H groups in total. The van der Waals surface area contributed by atoms with Gasteiger partial charge in [0.05, 0.1) is 12.0 Å². The molecule has 0 spiro atoms. The fourth-order valence-electron chi connectivity index (χ4n) is 1.82. The van der Waals surface area contributed by atoms with Gasteiger partial charge in [-0.3, -0.25) is 4.79 Å². The van der Waals surface area contributed by atoms with E-state index in [1.54, 1.807) is 0 Å². The summed E-state index contributed by atoms with van der Waals surface area (Å²) in [7, 11) is 0. The molecule has 1 heterocycles. The summed E-state index contributed by atoms with van der Waals surface area (Å²) in [5.41, 5.74) is 5.14. The van der Waals surface area contributed by atoms with Crippen LogP contribution in [0.2, 0.25) is 0 Å². The number of carbonyl (C=O) groups excluding carboxylic acids is 1. The normalized spacial score (nSPS) is 44.2. The number of hydrogen-bond donors (Lipinski definition) is 1. The van der Waals surface area contributed by atoms with Crippen molar-refractivity contribution >= 4 is 5.91 Å². The van der Waals surface area contributed by atoms with E-state index in [4.69, 9.17) is 10.5 Å². The Balaban J connectivity index is 1.99. The van der Waals surface area contributed by atoms with Gasteiger partial charge in [0.2, 0.25) is 5.91 Å². The number of primary amides is 1. The highest BCUT2D eigenvalue weighted by atomic mass is 16.5. The molecule has 1 saturated carbocycles. The molecule has 56 valence electrons. The van der Waals surface area contributed by atoms with Gasteiger partial charge in [-0.05, 0) is 12.8 Å². The summed E-state index contributed by atoms with van der Waals surface area (Å²) in [6.07, 6.45) is 2.40. The zero-order valence-corrected chi connectivity index (χ0v) is 5.75. The molecule has 3 unspecified atom stereocenters. The van der Waals surface area contributed by atoms with E-state index in [1.165, 1.54) is 0 Å². The van der Waals surface area contributed by atoms with Gasteiger partial charge in [-0.15, -0.1) is 0 Å². The summed E-state index contributed by atoms with van der Waals surface area (Å²) in [6, 6.07) is 0. The van der Waals surface area contributed by atoms with Gasteiger partial charge in [-0.1, -0.05) is 0 Å². The first-order valence-electron chi connectivity index (χ1n) is 3.71. The molecule has 1 aliphatic heterocycles. The molecule has 2 fully saturated rings. The minimum Gasteiger partial charge on any atom is -0.377 e. The van der Waals surface area contributed by atoms with Crippen LogP contribution in [0.5, 0.6) is 0 Å². The number of nitrogens with two attached hydrogens (primary N) is 1. The Morgan fingerprint density at radius 2 is 2.40 bits per heavy atom. The van der Waals surface area contributed by atoms with Crippen molar-refractivity contribution in [3.8, 4) is 0 Å². The highest BCUT2D eigenvalue weighted by molar-refractivity contribution is 5.81. The maximum atomic E-state index is 10.7. The van der Waals surface area contributed by atoms with Crippen LogP contribution >= 0.6 is 0 Å². The molecule has 3 nitrogen and oxygen atoms in total. The van der Waals surface area contributed by atoms with Gasteiger partial charge in [0.25, 0.3) is 0 Å². The quantitative estimate of drug-likeness (QED) is 0.554. The van der Waals surface area contributed by atoms with Crippen molar-refractivity contribution in [2.45, 2.75) is 18.9 Å². The smallest absolute Gasteiger partial charge is 0.223 e. The molecule has 0 bridgehead atoms. The van der Waals surface area contributed by atoms with Crippen molar-refractivity contribution in [1.29, 1.82) is 0 Å². The van der Waals surface area contributed by atoms with Crippen LogP contribution in [0.4, 0.5) is 0 Å². The van der Waals surface area contributed by atoms with Gasteiger partial charge in [-0.25, -0.2) is 0 Å². The highest BCUT2D eigenvalue weighted by Gasteiger charge is 2.55. The molecule has 0 aromatic heterocycles. The van der Waals surface area contributed by atoms with Gasteiger partial charge >= 0.3 is 0 Å². The first kappa shape index (κ1) is 6.16.